The Morgan fingerprint density at radius 2 is 1.84 bits per heavy atom. The second-order valence-electron chi connectivity index (χ2n) is 11.0. The van der Waals surface area contributed by atoms with Crippen LogP contribution in [0, 0.1) is 11.8 Å². The van der Waals surface area contributed by atoms with Crippen LogP contribution < -0.4 is 9.80 Å². The Balaban J connectivity index is 1.38. The second-order valence-corrected chi connectivity index (χ2v) is 11.0. The van der Waals surface area contributed by atoms with Crippen molar-refractivity contribution in [2.45, 2.75) is 45.4 Å². The van der Waals surface area contributed by atoms with Crippen molar-refractivity contribution < 1.29 is 14.6 Å². The van der Waals surface area contributed by atoms with Gasteiger partial charge in [0.15, 0.2) is 17.0 Å². The van der Waals surface area contributed by atoms with Crippen LogP contribution in [0.25, 0.3) is 11.2 Å². The van der Waals surface area contributed by atoms with Crippen LogP contribution in [0.5, 0.6) is 0 Å². The predicted octanol–water partition coefficient (Wildman–Crippen LogP) is 1.32. The van der Waals surface area contributed by atoms with Gasteiger partial charge in [0.05, 0.1) is 25.3 Å². The summed E-state index contributed by atoms with van der Waals surface area (Å²) in [6, 6.07) is -0.181. The number of rotatable bonds is 6. The molecule has 6 rings (SSSR count). The summed E-state index contributed by atoms with van der Waals surface area (Å²) >= 11 is 0. The monoisotopic (exact) mass is 520 g/mol. The summed E-state index contributed by atoms with van der Waals surface area (Å²) in [4.78, 5) is 38.3. The highest BCUT2D eigenvalue weighted by Gasteiger charge is 2.39. The van der Waals surface area contributed by atoms with Gasteiger partial charge in [0.1, 0.15) is 17.8 Å². The Hall–Kier alpha value is -3.31. The Morgan fingerprint density at radius 1 is 1.11 bits per heavy atom. The summed E-state index contributed by atoms with van der Waals surface area (Å²) in [6.07, 6.45) is 8.13. The molecule has 2 fully saturated rings. The van der Waals surface area contributed by atoms with E-state index in [1.54, 1.807) is 6.92 Å². The number of aromatic nitrogens is 4. The summed E-state index contributed by atoms with van der Waals surface area (Å²) in [5, 5.41) is 10.6. The van der Waals surface area contributed by atoms with Crippen LogP contribution in [0.4, 0.5) is 11.8 Å². The predicted molar refractivity (Wildman–Crippen MR) is 145 cm³/mol. The van der Waals surface area contributed by atoms with E-state index in [-0.39, 0.29) is 23.9 Å². The van der Waals surface area contributed by atoms with E-state index >= 15 is 0 Å². The van der Waals surface area contributed by atoms with Crippen LogP contribution in [0.15, 0.2) is 29.3 Å². The van der Waals surface area contributed by atoms with Gasteiger partial charge in [-0.05, 0) is 6.92 Å². The van der Waals surface area contributed by atoms with Gasteiger partial charge in [-0.25, -0.2) is 4.98 Å². The number of aryl methyl sites for hydroxylation is 1. The van der Waals surface area contributed by atoms with Crippen LogP contribution in [-0.4, -0.2) is 98.8 Å². The van der Waals surface area contributed by atoms with E-state index in [1.165, 1.54) is 0 Å². The van der Waals surface area contributed by atoms with Gasteiger partial charge in [-0.3, -0.25) is 14.7 Å². The molecule has 3 atom stereocenters. The Kier molecular flexibility index (Phi) is 6.43. The largest absolute Gasteiger partial charge is 0.385 e. The van der Waals surface area contributed by atoms with E-state index in [2.05, 4.69) is 15.5 Å². The van der Waals surface area contributed by atoms with Gasteiger partial charge < -0.3 is 24.2 Å². The standard InChI is InChI=1S/C27H36N8O3/c1-16(2)26(37)34-14-18(15-34)13-21-29-22-24(32(21)4)30-27(31-25(22)33-9-11-38-12-10-33)35-20-8-6-5-7-19(20)28-23(35)17(3)36/h5-8,16-20,36H,9-15H2,1-4H3/t17-,19?,20?/m0/s1. The van der Waals surface area contributed by atoms with Gasteiger partial charge in [-0.2, -0.15) is 9.97 Å². The maximum atomic E-state index is 12.3. The number of carbonyl (C=O) groups excluding carboxylic acids is 1. The molecule has 2 aromatic rings. The van der Waals surface area contributed by atoms with Crippen molar-refractivity contribution in [1.82, 2.24) is 24.4 Å². The third kappa shape index (κ3) is 4.27. The average molecular weight is 521 g/mol. The van der Waals surface area contributed by atoms with Gasteiger partial charge in [0, 0.05) is 51.5 Å². The molecule has 0 radical (unpaired) electrons. The van der Waals surface area contributed by atoms with E-state index in [4.69, 9.17) is 24.7 Å². The zero-order valence-corrected chi connectivity index (χ0v) is 22.5. The third-order valence-electron chi connectivity index (χ3n) is 7.82. The van der Waals surface area contributed by atoms with Gasteiger partial charge in [-0.1, -0.05) is 38.2 Å². The molecule has 3 aliphatic heterocycles. The number of morpholine rings is 1. The van der Waals surface area contributed by atoms with Crippen LogP contribution in [0.3, 0.4) is 0 Å². The zero-order valence-electron chi connectivity index (χ0n) is 22.5. The summed E-state index contributed by atoms with van der Waals surface area (Å²) in [5.74, 6) is 3.40. The van der Waals surface area contributed by atoms with Crippen LogP contribution in [-0.2, 0) is 23.0 Å². The molecule has 11 nitrogen and oxygen atoms in total. The number of allylic oxidation sites excluding steroid dienone is 2. The van der Waals surface area contributed by atoms with Crippen molar-refractivity contribution >= 4 is 34.7 Å². The number of fused-ring (bicyclic) bond motifs is 2. The van der Waals surface area contributed by atoms with Gasteiger partial charge in [0.25, 0.3) is 0 Å². The van der Waals surface area contributed by atoms with E-state index in [0.717, 1.165) is 55.4 Å². The maximum Gasteiger partial charge on any atom is 0.235 e. The van der Waals surface area contributed by atoms with Crippen molar-refractivity contribution in [3.63, 3.8) is 0 Å². The Morgan fingerprint density at radius 3 is 2.55 bits per heavy atom. The first-order valence-electron chi connectivity index (χ1n) is 13.6. The first kappa shape index (κ1) is 25.0. The SMILES string of the molecule is CC(C)C(=O)N1CC(Cc2nc3c(N4CCOCC4)nc(N4C([C@H](C)O)=NC5C=CC=CC54)nc3n2C)C1. The molecule has 1 aliphatic carbocycles. The number of imidazole rings is 1. The molecule has 2 saturated heterocycles. The van der Waals surface area contributed by atoms with Crippen molar-refractivity contribution in [1.29, 1.82) is 0 Å². The van der Waals surface area contributed by atoms with E-state index < -0.39 is 6.10 Å². The van der Waals surface area contributed by atoms with E-state index in [0.29, 0.717) is 30.9 Å². The number of hydrogen-bond donors (Lipinski definition) is 1. The van der Waals surface area contributed by atoms with Crippen molar-refractivity contribution in [2.24, 2.45) is 23.9 Å². The lowest BCUT2D eigenvalue weighted by Crippen LogP contribution is -2.52. The molecule has 11 heteroatoms. The fourth-order valence-corrected chi connectivity index (χ4v) is 5.72. The fraction of sp³-hybridized carbons (Fsp3) is 0.593. The quantitative estimate of drug-likeness (QED) is 0.607. The van der Waals surface area contributed by atoms with Crippen LogP contribution in [0.1, 0.15) is 26.6 Å². The number of aliphatic hydroxyl groups excluding tert-OH is 1. The normalized spacial score (nSPS) is 24.3. The second kappa shape index (κ2) is 9.77. The third-order valence-corrected chi connectivity index (χ3v) is 7.82. The molecular weight excluding hydrogens is 484 g/mol. The van der Waals surface area contributed by atoms with Gasteiger partial charge in [0.2, 0.25) is 11.9 Å². The van der Waals surface area contributed by atoms with Crippen molar-refractivity contribution in [3.05, 3.63) is 30.1 Å². The lowest BCUT2D eigenvalue weighted by molar-refractivity contribution is -0.140. The van der Waals surface area contributed by atoms with Crippen molar-refractivity contribution in [3.8, 4) is 0 Å². The average Bonchev–Trinajstić information content (AvgIpc) is 3.43. The number of amides is 1. The topological polar surface area (TPSA) is 112 Å². The first-order chi connectivity index (χ1) is 18.3. The summed E-state index contributed by atoms with van der Waals surface area (Å²) < 4.78 is 7.67. The van der Waals surface area contributed by atoms with Crippen molar-refractivity contribution in [2.75, 3.05) is 49.2 Å². The lowest BCUT2D eigenvalue weighted by Gasteiger charge is -2.40. The molecule has 0 bridgehead atoms. The highest BCUT2D eigenvalue weighted by molar-refractivity contribution is 6.03. The highest BCUT2D eigenvalue weighted by atomic mass is 16.5. The molecule has 2 unspecified atom stereocenters. The molecule has 0 aromatic carbocycles. The van der Waals surface area contributed by atoms with Gasteiger partial charge >= 0.3 is 0 Å². The summed E-state index contributed by atoms with van der Waals surface area (Å²) in [7, 11) is 2.00. The minimum absolute atomic E-state index is 0.0197. The van der Waals surface area contributed by atoms with Crippen LogP contribution >= 0.6 is 0 Å². The maximum absolute atomic E-state index is 12.3. The van der Waals surface area contributed by atoms with E-state index in [9.17, 15) is 9.90 Å². The summed E-state index contributed by atoms with van der Waals surface area (Å²) in [6.45, 7) is 9.84. The molecule has 2 aromatic heterocycles. The number of likely N-dealkylation sites (tertiary alicyclic amines) is 1. The van der Waals surface area contributed by atoms with Crippen LogP contribution in [0.2, 0.25) is 0 Å². The number of hydrogen-bond acceptors (Lipinski definition) is 9. The molecule has 4 aliphatic rings. The Labute approximate surface area is 222 Å². The van der Waals surface area contributed by atoms with Gasteiger partial charge in [-0.15, -0.1) is 0 Å². The molecule has 1 amide bonds. The molecule has 1 N–H and O–H groups in total. The molecule has 38 heavy (non-hydrogen) atoms. The smallest absolute Gasteiger partial charge is 0.235 e. The molecule has 5 heterocycles. The number of aliphatic hydroxyl groups is 1. The Bertz CT molecular complexity index is 1320. The fourth-order valence-electron chi connectivity index (χ4n) is 5.72. The lowest BCUT2D eigenvalue weighted by atomic mass is 9.94. The number of amidine groups is 1. The summed E-state index contributed by atoms with van der Waals surface area (Å²) in [5.41, 5.74) is 1.53. The molecule has 0 spiro atoms. The molecule has 0 saturated carbocycles. The number of ether oxygens (including phenoxy) is 1. The zero-order chi connectivity index (χ0) is 26.6. The number of anilines is 2. The highest BCUT2D eigenvalue weighted by Crippen LogP contribution is 2.33. The number of carbonyl (C=O) groups is 1. The molecular formula is C27H36N8O3. The van der Waals surface area contributed by atoms with E-state index in [1.807, 2.05) is 48.9 Å². The minimum atomic E-state index is -0.759. The number of aliphatic imine (C=N–C) groups is 1. The molecule has 202 valence electrons. The minimum Gasteiger partial charge on any atom is -0.385 e. The number of nitrogens with zero attached hydrogens (tertiary/aromatic N) is 8. The first-order valence-corrected chi connectivity index (χ1v) is 13.6.